The largest absolute Gasteiger partial charge is 0.416 e. The minimum absolute atomic E-state index is 0.0296. The van der Waals surface area contributed by atoms with Crippen LogP contribution in [0.3, 0.4) is 0 Å². The van der Waals surface area contributed by atoms with Crippen LogP contribution in [0.2, 0.25) is 0 Å². The number of nitrogens with zero attached hydrogens (tertiary/aromatic N) is 1. The highest BCUT2D eigenvalue weighted by Crippen LogP contribution is 2.31. The molecule has 1 atom stereocenters. The fourth-order valence-corrected chi connectivity index (χ4v) is 2.20. The van der Waals surface area contributed by atoms with E-state index < -0.39 is 11.7 Å². The number of hydrogen-bond acceptors (Lipinski definition) is 3. The summed E-state index contributed by atoms with van der Waals surface area (Å²) in [5, 5.41) is 0. The predicted octanol–water partition coefficient (Wildman–Crippen LogP) is 2.89. The number of ether oxygens (including phenoxy) is 1. The minimum atomic E-state index is -4.31. The first kappa shape index (κ1) is 14.8. The fraction of sp³-hybridized carbons (Fsp3) is 0.500. The molecule has 0 amide bonds. The smallest absolute Gasteiger partial charge is 0.369 e. The van der Waals surface area contributed by atoms with Gasteiger partial charge in [-0.3, -0.25) is 4.79 Å². The van der Waals surface area contributed by atoms with Crippen molar-refractivity contribution < 1.29 is 22.7 Å². The number of hydrogen-bond donors (Lipinski definition) is 0. The molecule has 3 nitrogen and oxygen atoms in total. The number of rotatable bonds is 4. The van der Waals surface area contributed by atoms with Gasteiger partial charge in [0.05, 0.1) is 11.7 Å². The summed E-state index contributed by atoms with van der Waals surface area (Å²) in [4.78, 5) is 12.8. The van der Waals surface area contributed by atoms with Gasteiger partial charge in [-0.05, 0) is 37.6 Å². The molecule has 1 saturated heterocycles. The summed E-state index contributed by atoms with van der Waals surface area (Å²) >= 11 is 0. The Morgan fingerprint density at radius 2 is 2.00 bits per heavy atom. The lowest BCUT2D eigenvalue weighted by atomic mass is 10.2. The van der Waals surface area contributed by atoms with E-state index in [0.717, 1.165) is 24.2 Å². The van der Waals surface area contributed by atoms with Gasteiger partial charge in [0.1, 0.15) is 6.61 Å². The second-order valence-corrected chi connectivity index (χ2v) is 4.91. The van der Waals surface area contributed by atoms with Crippen molar-refractivity contribution in [1.29, 1.82) is 0 Å². The molecule has 0 N–H and O–H groups in total. The van der Waals surface area contributed by atoms with E-state index in [1.807, 2.05) is 4.90 Å². The van der Waals surface area contributed by atoms with Crippen molar-refractivity contribution in [3.63, 3.8) is 0 Å². The molecule has 1 aromatic carbocycles. The van der Waals surface area contributed by atoms with Crippen LogP contribution in [-0.2, 0) is 15.7 Å². The molecule has 20 heavy (non-hydrogen) atoms. The average Bonchev–Trinajstić information content (AvgIpc) is 2.84. The van der Waals surface area contributed by atoms with Gasteiger partial charge >= 0.3 is 6.18 Å². The van der Waals surface area contributed by atoms with Gasteiger partial charge in [-0.2, -0.15) is 13.2 Å². The average molecular weight is 287 g/mol. The Balaban J connectivity index is 1.95. The molecule has 1 fully saturated rings. The fourth-order valence-electron chi connectivity index (χ4n) is 2.20. The molecule has 0 bridgehead atoms. The van der Waals surface area contributed by atoms with Gasteiger partial charge in [0, 0.05) is 18.8 Å². The van der Waals surface area contributed by atoms with Crippen LogP contribution in [0.1, 0.15) is 18.9 Å². The van der Waals surface area contributed by atoms with Gasteiger partial charge in [-0.25, -0.2) is 0 Å². The standard InChI is InChI=1S/C14H16F3NO2/c1-10(19)9-20-13-6-7-18(8-13)12-4-2-11(3-5-12)14(15,16)17/h2-5,13H,6-9H2,1H3. The summed E-state index contributed by atoms with van der Waals surface area (Å²) in [5.74, 6) is -0.0296. The van der Waals surface area contributed by atoms with Crippen LogP contribution in [0.25, 0.3) is 0 Å². The molecule has 1 aliphatic heterocycles. The van der Waals surface area contributed by atoms with Crippen molar-refractivity contribution in [2.45, 2.75) is 25.6 Å². The van der Waals surface area contributed by atoms with Crippen LogP contribution in [0.15, 0.2) is 24.3 Å². The van der Waals surface area contributed by atoms with Crippen molar-refractivity contribution in [1.82, 2.24) is 0 Å². The second kappa shape index (κ2) is 5.83. The molecule has 0 aromatic heterocycles. The maximum atomic E-state index is 12.5. The second-order valence-electron chi connectivity index (χ2n) is 4.91. The molecule has 6 heteroatoms. The number of ketones is 1. The number of anilines is 1. The van der Waals surface area contributed by atoms with E-state index in [4.69, 9.17) is 4.74 Å². The zero-order valence-corrected chi connectivity index (χ0v) is 11.1. The summed E-state index contributed by atoms with van der Waals surface area (Å²) in [6.07, 6.45) is -3.58. The highest BCUT2D eigenvalue weighted by Gasteiger charge is 2.30. The molecule has 110 valence electrons. The van der Waals surface area contributed by atoms with Gasteiger partial charge in [-0.1, -0.05) is 0 Å². The quantitative estimate of drug-likeness (QED) is 0.853. The molecule has 1 aromatic rings. The van der Waals surface area contributed by atoms with Crippen molar-refractivity contribution in [2.75, 3.05) is 24.6 Å². The van der Waals surface area contributed by atoms with Gasteiger partial charge in [0.25, 0.3) is 0 Å². The molecule has 1 unspecified atom stereocenters. The lowest BCUT2D eigenvalue weighted by Crippen LogP contribution is -2.24. The highest BCUT2D eigenvalue weighted by molar-refractivity contribution is 5.76. The zero-order valence-electron chi connectivity index (χ0n) is 11.1. The Morgan fingerprint density at radius 1 is 1.35 bits per heavy atom. The van der Waals surface area contributed by atoms with Gasteiger partial charge < -0.3 is 9.64 Å². The molecule has 2 rings (SSSR count). The van der Waals surface area contributed by atoms with Crippen LogP contribution in [0.5, 0.6) is 0 Å². The summed E-state index contributed by atoms with van der Waals surface area (Å²) in [5.41, 5.74) is 0.0942. The van der Waals surface area contributed by atoms with Crippen LogP contribution in [0, 0.1) is 0 Å². The first-order valence-electron chi connectivity index (χ1n) is 6.39. The van der Waals surface area contributed by atoms with Crippen molar-refractivity contribution in [2.24, 2.45) is 0 Å². The Kier molecular flexibility index (Phi) is 4.32. The van der Waals surface area contributed by atoms with Gasteiger partial charge in [0.15, 0.2) is 5.78 Å². The lowest BCUT2D eigenvalue weighted by Gasteiger charge is -2.19. The topological polar surface area (TPSA) is 29.5 Å². The number of Topliss-reactive ketones (excluding diaryl/α,β-unsaturated/α-hetero) is 1. The highest BCUT2D eigenvalue weighted by atomic mass is 19.4. The number of benzene rings is 1. The molecule has 1 heterocycles. The molecule has 0 saturated carbocycles. The van der Waals surface area contributed by atoms with E-state index in [2.05, 4.69) is 0 Å². The lowest BCUT2D eigenvalue weighted by molar-refractivity contribution is -0.137. The Labute approximate surface area is 115 Å². The minimum Gasteiger partial charge on any atom is -0.369 e. The van der Waals surface area contributed by atoms with E-state index in [1.165, 1.54) is 19.1 Å². The molecule has 0 aliphatic carbocycles. The summed E-state index contributed by atoms with van der Waals surface area (Å²) in [6.45, 7) is 2.86. The number of halogens is 3. The molecular weight excluding hydrogens is 271 g/mol. The van der Waals surface area contributed by atoms with E-state index in [0.29, 0.717) is 13.1 Å². The Morgan fingerprint density at radius 3 is 2.55 bits per heavy atom. The monoisotopic (exact) mass is 287 g/mol. The summed E-state index contributed by atoms with van der Waals surface area (Å²) in [6, 6.07) is 5.10. The van der Waals surface area contributed by atoms with Crippen LogP contribution < -0.4 is 4.90 Å². The third-order valence-corrected chi connectivity index (χ3v) is 3.23. The van der Waals surface area contributed by atoms with Gasteiger partial charge in [0.2, 0.25) is 0 Å². The van der Waals surface area contributed by atoms with Crippen molar-refractivity contribution in [3.8, 4) is 0 Å². The number of carbonyl (C=O) groups excluding carboxylic acids is 1. The van der Waals surface area contributed by atoms with Crippen LogP contribution in [-0.4, -0.2) is 31.6 Å². The Bertz CT molecular complexity index is 470. The maximum Gasteiger partial charge on any atom is 0.416 e. The normalized spacial score (nSPS) is 19.4. The third-order valence-electron chi connectivity index (χ3n) is 3.23. The molecular formula is C14H16F3NO2. The maximum absolute atomic E-state index is 12.5. The molecule has 0 spiro atoms. The van der Waals surface area contributed by atoms with E-state index in [-0.39, 0.29) is 18.5 Å². The SMILES string of the molecule is CC(=O)COC1CCN(c2ccc(C(F)(F)F)cc2)C1. The zero-order chi connectivity index (χ0) is 14.8. The summed E-state index contributed by atoms with van der Waals surface area (Å²) < 4.78 is 42.8. The van der Waals surface area contributed by atoms with Crippen LogP contribution in [0.4, 0.5) is 18.9 Å². The van der Waals surface area contributed by atoms with E-state index in [9.17, 15) is 18.0 Å². The van der Waals surface area contributed by atoms with Crippen molar-refractivity contribution in [3.05, 3.63) is 29.8 Å². The van der Waals surface area contributed by atoms with E-state index in [1.54, 1.807) is 0 Å². The molecule has 1 aliphatic rings. The third kappa shape index (κ3) is 3.72. The molecule has 0 radical (unpaired) electrons. The van der Waals surface area contributed by atoms with Crippen molar-refractivity contribution >= 4 is 11.5 Å². The van der Waals surface area contributed by atoms with E-state index >= 15 is 0 Å². The number of carbonyl (C=O) groups is 1. The predicted molar refractivity (Wildman–Crippen MR) is 68.7 cm³/mol. The summed E-state index contributed by atoms with van der Waals surface area (Å²) in [7, 11) is 0. The van der Waals surface area contributed by atoms with Crippen LogP contribution >= 0.6 is 0 Å². The first-order valence-corrected chi connectivity index (χ1v) is 6.39. The van der Waals surface area contributed by atoms with Gasteiger partial charge in [-0.15, -0.1) is 0 Å². The Hall–Kier alpha value is -1.56. The first-order chi connectivity index (χ1) is 9.36. The number of alkyl halides is 3.